The summed E-state index contributed by atoms with van der Waals surface area (Å²) in [6, 6.07) is 6.06. The van der Waals surface area contributed by atoms with Crippen LogP contribution in [-0.2, 0) is 30.7 Å². The van der Waals surface area contributed by atoms with Crippen LogP contribution < -0.4 is 15.0 Å². The van der Waals surface area contributed by atoms with Gasteiger partial charge in [-0.25, -0.2) is 4.98 Å². The molecule has 6 rings (SSSR count). The predicted molar refractivity (Wildman–Crippen MR) is 150 cm³/mol. The van der Waals surface area contributed by atoms with E-state index in [9.17, 15) is 9.59 Å². The Kier molecular flexibility index (Phi) is 7.20. The van der Waals surface area contributed by atoms with Gasteiger partial charge in [0.25, 0.3) is 5.56 Å². The number of carbonyl (C=O) groups is 1. The van der Waals surface area contributed by atoms with Gasteiger partial charge in [0, 0.05) is 44.1 Å². The number of thioether (sulfide) groups is 1. The molecule has 3 aromatic rings. The summed E-state index contributed by atoms with van der Waals surface area (Å²) in [5.41, 5.74) is 2.36. The lowest BCUT2D eigenvalue weighted by molar-refractivity contribution is -0.132. The van der Waals surface area contributed by atoms with Crippen molar-refractivity contribution in [2.45, 2.75) is 56.1 Å². The Balaban J connectivity index is 1.12. The van der Waals surface area contributed by atoms with Crippen LogP contribution in [0.15, 0.2) is 40.8 Å². The number of thiophene rings is 1. The minimum absolute atomic E-state index is 0.00594. The maximum Gasteiger partial charge on any atom is 0.263 e. The zero-order valence-electron chi connectivity index (χ0n) is 21.6. The zero-order valence-corrected chi connectivity index (χ0v) is 23.2. The van der Waals surface area contributed by atoms with Crippen molar-refractivity contribution >= 4 is 39.2 Å². The summed E-state index contributed by atoms with van der Waals surface area (Å²) in [5.74, 6) is 1.68. The molecule has 1 aliphatic carbocycles. The Labute approximate surface area is 230 Å². The fourth-order valence-electron chi connectivity index (χ4n) is 5.49. The average molecular weight is 553 g/mol. The van der Waals surface area contributed by atoms with Gasteiger partial charge in [0.1, 0.15) is 4.83 Å². The van der Waals surface area contributed by atoms with Crippen LogP contribution in [-0.4, -0.2) is 63.5 Å². The van der Waals surface area contributed by atoms with Crippen LogP contribution in [0.2, 0.25) is 0 Å². The number of aromatic nitrogens is 2. The monoisotopic (exact) mass is 552 g/mol. The van der Waals surface area contributed by atoms with E-state index in [2.05, 4.69) is 17.5 Å². The average Bonchev–Trinajstić information content (AvgIpc) is 3.55. The van der Waals surface area contributed by atoms with Crippen molar-refractivity contribution in [2.24, 2.45) is 0 Å². The third-order valence-electron chi connectivity index (χ3n) is 7.51. The second-order valence-electron chi connectivity index (χ2n) is 10.0. The molecule has 1 saturated heterocycles. The molecule has 10 heteroatoms. The van der Waals surface area contributed by atoms with E-state index >= 15 is 0 Å². The fraction of sp³-hybridized carbons (Fsp3) is 0.464. The number of rotatable bonds is 7. The number of amides is 1. The number of hydrogen-bond acceptors (Lipinski definition) is 8. The summed E-state index contributed by atoms with van der Waals surface area (Å²) in [4.78, 5) is 38.2. The van der Waals surface area contributed by atoms with E-state index < -0.39 is 0 Å². The molecule has 2 aliphatic heterocycles. The van der Waals surface area contributed by atoms with Crippen molar-refractivity contribution in [2.75, 3.05) is 33.0 Å². The lowest BCUT2D eigenvalue weighted by atomic mass is 9.97. The van der Waals surface area contributed by atoms with Crippen LogP contribution in [0, 0.1) is 0 Å². The molecule has 1 fully saturated rings. The number of carbonyl (C=O) groups excluding carboxylic acids is 1. The van der Waals surface area contributed by atoms with E-state index in [1.807, 2.05) is 24.0 Å². The van der Waals surface area contributed by atoms with Crippen LogP contribution in [0.5, 0.6) is 11.5 Å². The molecule has 1 unspecified atom stereocenters. The molecule has 1 atom stereocenters. The summed E-state index contributed by atoms with van der Waals surface area (Å²) < 4.78 is 12.6. The molecule has 1 aromatic carbocycles. The number of hydrogen-bond donors (Lipinski definition) is 0. The molecular formula is C28H32N4O4S2. The molecule has 4 heterocycles. The van der Waals surface area contributed by atoms with Crippen LogP contribution in [0.3, 0.4) is 0 Å². The second-order valence-corrected chi connectivity index (χ2v) is 12.4. The zero-order chi connectivity index (χ0) is 26.2. The van der Waals surface area contributed by atoms with Gasteiger partial charge in [-0.2, -0.15) is 0 Å². The Morgan fingerprint density at radius 1 is 1.18 bits per heavy atom. The Morgan fingerprint density at radius 2 is 1.97 bits per heavy atom. The number of nitrogens with zero attached hydrogens (tertiary/aromatic N) is 4. The van der Waals surface area contributed by atoms with Gasteiger partial charge in [-0.3, -0.25) is 19.1 Å². The first-order valence-corrected chi connectivity index (χ1v) is 14.9. The van der Waals surface area contributed by atoms with E-state index in [1.54, 1.807) is 22.0 Å². The molecule has 200 valence electrons. The highest BCUT2D eigenvalue weighted by atomic mass is 32.2. The van der Waals surface area contributed by atoms with Crippen LogP contribution in [0.4, 0.5) is 0 Å². The highest BCUT2D eigenvalue weighted by Crippen LogP contribution is 2.36. The van der Waals surface area contributed by atoms with E-state index in [0.717, 1.165) is 67.0 Å². The maximum atomic E-state index is 13.5. The third-order valence-corrected chi connectivity index (χ3v) is 9.77. The maximum absolute atomic E-state index is 13.5. The van der Waals surface area contributed by atoms with Crippen molar-refractivity contribution in [1.82, 2.24) is 19.4 Å². The number of ether oxygens (including phenoxy) is 2. The molecular weight excluding hydrogens is 520 g/mol. The number of fused-ring (bicyclic) bond motifs is 4. The van der Waals surface area contributed by atoms with Crippen LogP contribution in [0.1, 0.15) is 35.8 Å². The normalized spacial score (nSPS) is 18.0. The number of aryl methyl sites for hydroxylation is 2. The van der Waals surface area contributed by atoms with Crippen LogP contribution in [0.25, 0.3) is 10.2 Å². The van der Waals surface area contributed by atoms with E-state index in [4.69, 9.17) is 14.5 Å². The summed E-state index contributed by atoms with van der Waals surface area (Å²) in [6.07, 6.45) is 5.98. The Bertz CT molecular complexity index is 1440. The minimum atomic E-state index is -0.342. The van der Waals surface area contributed by atoms with Gasteiger partial charge in [-0.1, -0.05) is 23.9 Å². The van der Waals surface area contributed by atoms with Gasteiger partial charge >= 0.3 is 0 Å². The molecule has 8 nitrogen and oxygen atoms in total. The topological polar surface area (TPSA) is 76.9 Å². The van der Waals surface area contributed by atoms with Gasteiger partial charge < -0.3 is 14.4 Å². The number of piperazine rings is 1. The van der Waals surface area contributed by atoms with E-state index in [-0.39, 0.29) is 23.5 Å². The lowest BCUT2D eigenvalue weighted by Crippen LogP contribution is -2.50. The summed E-state index contributed by atoms with van der Waals surface area (Å²) in [5, 5.41) is 1.03. The Hall–Kier alpha value is -2.82. The summed E-state index contributed by atoms with van der Waals surface area (Å²) in [7, 11) is 0. The van der Waals surface area contributed by atoms with Crippen molar-refractivity contribution in [1.29, 1.82) is 0 Å². The van der Waals surface area contributed by atoms with Gasteiger partial charge in [-0.05, 0) is 55.9 Å². The van der Waals surface area contributed by atoms with Gasteiger partial charge in [0.2, 0.25) is 12.7 Å². The standard InChI is InChI=1S/C28H32N4O4S2/c1-3-10-32-27(34)24-20-6-4-5-7-23(20)38-25(24)29-28(32)37-18(2)26(33)31-13-11-30(12-14-31)16-19-8-9-21-22(15-19)36-17-35-21/h3,8-9,15,18H,1,4-7,10-14,16-17H2,2H3. The van der Waals surface area contributed by atoms with Gasteiger partial charge in [0.05, 0.1) is 10.6 Å². The van der Waals surface area contributed by atoms with Crippen LogP contribution >= 0.6 is 23.1 Å². The fourth-order valence-corrected chi connectivity index (χ4v) is 7.79. The van der Waals surface area contributed by atoms with Gasteiger partial charge in [-0.15, -0.1) is 17.9 Å². The largest absolute Gasteiger partial charge is 0.454 e. The molecule has 0 bridgehead atoms. The highest BCUT2D eigenvalue weighted by molar-refractivity contribution is 8.00. The summed E-state index contributed by atoms with van der Waals surface area (Å²) in [6.45, 7) is 10.2. The lowest BCUT2D eigenvalue weighted by Gasteiger charge is -2.35. The molecule has 0 radical (unpaired) electrons. The first-order valence-electron chi connectivity index (χ1n) is 13.2. The molecule has 1 amide bonds. The SMILES string of the molecule is C=CCn1c(SC(C)C(=O)N2CCN(Cc3ccc4c(c3)OCO4)CC2)nc2sc3c(c2c1=O)CCCC3. The number of benzene rings is 1. The highest BCUT2D eigenvalue weighted by Gasteiger charge is 2.28. The molecule has 0 N–H and O–H groups in total. The van der Waals surface area contributed by atoms with Crippen molar-refractivity contribution in [3.63, 3.8) is 0 Å². The predicted octanol–water partition coefficient (Wildman–Crippen LogP) is 4.08. The van der Waals surface area contributed by atoms with Crippen molar-refractivity contribution in [3.8, 4) is 11.5 Å². The first-order chi connectivity index (χ1) is 18.5. The number of allylic oxidation sites excluding steroid dienone is 1. The first kappa shape index (κ1) is 25.5. The molecule has 0 saturated carbocycles. The minimum Gasteiger partial charge on any atom is -0.454 e. The third kappa shape index (κ3) is 4.85. The molecule has 0 spiro atoms. The smallest absolute Gasteiger partial charge is 0.263 e. The van der Waals surface area contributed by atoms with Gasteiger partial charge in [0.15, 0.2) is 16.7 Å². The van der Waals surface area contributed by atoms with E-state index in [0.29, 0.717) is 24.8 Å². The Morgan fingerprint density at radius 3 is 2.79 bits per heavy atom. The molecule has 2 aromatic heterocycles. The van der Waals surface area contributed by atoms with E-state index in [1.165, 1.54) is 27.8 Å². The molecule has 3 aliphatic rings. The quantitative estimate of drug-likeness (QED) is 0.248. The van der Waals surface area contributed by atoms with Crippen molar-refractivity contribution in [3.05, 3.63) is 57.2 Å². The van der Waals surface area contributed by atoms with Crippen molar-refractivity contribution < 1.29 is 14.3 Å². The second kappa shape index (κ2) is 10.7. The summed E-state index contributed by atoms with van der Waals surface area (Å²) >= 11 is 3.03. The molecule has 38 heavy (non-hydrogen) atoms.